The number of fused-ring (bicyclic) bond motifs is 1. The zero-order valence-corrected chi connectivity index (χ0v) is 12.2. The molecule has 0 fully saturated rings. The van der Waals surface area contributed by atoms with Crippen molar-refractivity contribution < 1.29 is 23.1 Å². The number of anilines is 1. The first-order valence-electron chi connectivity index (χ1n) is 6.97. The summed E-state index contributed by atoms with van der Waals surface area (Å²) in [5.74, 6) is -2.49. The van der Waals surface area contributed by atoms with E-state index < -0.39 is 29.1 Å². The highest BCUT2D eigenvalue weighted by molar-refractivity contribution is 6.02. The van der Waals surface area contributed by atoms with Gasteiger partial charge >= 0.3 is 5.97 Å². The third-order valence-electron chi connectivity index (χ3n) is 3.74. The highest BCUT2D eigenvalue weighted by atomic mass is 19.1. The van der Waals surface area contributed by atoms with E-state index in [4.69, 9.17) is 4.74 Å². The number of carbonyl (C=O) groups excluding carboxylic acids is 2. The lowest BCUT2D eigenvalue weighted by atomic mass is 9.89. The van der Waals surface area contributed by atoms with E-state index in [1.54, 1.807) is 6.07 Å². The van der Waals surface area contributed by atoms with E-state index in [1.807, 2.05) is 0 Å². The minimum absolute atomic E-state index is 0.00607. The zero-order chi connectivity index (χ0) is 16.6. The molecule has 0 aromatic heterocycles. The van der Waals surface area contributed by atoms with Gasteiger partial charge < -0.3 is 10.1 Å². The summed E-state index contributed by atoms with van der Waals surface area (Å²) in [6.07, 6.45) is 0.00607. The molecule has 1 aliphatic heterocycles. The fourth-order valence-corrected chi connectivity index (χ4v) is 2.51. The standard InChI is InChI=1S/C17H13F2NO3/c1-17(16(22)20-14-5-3-2-4-13(14)19)9-10-8-11(18)6-7-12(10)15(21)23-17/h2-8H,9H2,1H3,(H,20,22). The Hall–Kier alpha value is -2.76. The number of halogens is 2. The SMILES string of the molecule is CC1(C(=O)Nc2ccccc2F)Cc2cc(F)ccc2C(=O)O1. The molecule has 0 saturated heterocycles. The number of benzene rings is 2. The number of amides is 1. The van der Waals surface area contributed by atoms with Gasteiger partial charge in [0.2, 0.25) is 0 Å². The van der Waals surface area contributed by atoms with Crippen molar-refractivity contribution in [2.45, 2.75) is 18.9 Å². The molecule has 0 bridgehead atoms. The second kappa shape index (κ2) is 5.46. The summed E-state index contributed by atoms with van der Waals surface area (Å²) >= 11 is 0. The van der Waals surface area contributed by atoms with Crippen LogP contribution in [0.25, 0.3) is 0 Å². The predicted molar refractivity (Wildman–Crippen MR) is 79.0 cm³/mol. The van der Waals surface area contributed by atoms with Gasteiger partial charge in [0.1, 0.15) is 11.6 Å². The summed E-state index contributed by atoms with van der Waals surface area (Å²) in [5.41, 5.74) is -0.949. The Kier molecular flexibility index (Phi) is 3.60. The van der Waals surface area contributed by atoms with E-state index in [0.29, 0.717) is 5.56 Å². The van der Waals surface area contributed by atoms with Crippen LogP contribution in [0.4, 0.5) is 14.5 Å². The molecule has 2 aromatic carbocycles. The Bertz CT molecular complexity index is 806. The molecule has 0 aliphatic carbocycles. The Morgan fingerprint density at radius 3 is 2.70 bits per heavy atom. The van der Waals surface area contributed by atoms with Gasteiger partial charge in [0, 0.05) is 6.42 Å². The van der Waals surface area contributed by atoms with Crippen molar-refractivity contribution in [3.63, 3.8) is 0 Å². The number of para-hydroxylation sites is 1. The molecule has 4 nitrogen and oxygen atoms in total. The highest BCUT2D eigenvalue weighted by Crippen LogP contribution is 2.30. The number of rotatable bonds is 2. The van der Waals surface area contributed by atoms with Crippen molar-refractivity contribution in [3.05, 3.63) is 65.2 Å². The van der Waals surface area contributed by atoms with Gasteiger partial charge in [-0.25, -0.2) is 13.6 Å². The fourth-order valence-electron chi connectivity index (χ4n) is 2.51. The Morgan fingerprint density at radius 1 is 1.22 bits per heavy atom. The van der Waals surface area contributed by atoms with Crippen molar-refractivity contribution in [1.82, 2.24) is 0 Å². The number of ether oxygens (including phenoxy) is 1. The van der Waals surface area contributed by atoms with E-state index in [1.165, 1.54) is 37.3 Å². The number of hydrogen-bond donors (Lipinski definition) is 1. The topological polar surface area (TPSA) is 55.4 Å². The zero-order valence-electron chi connectivity index (χ0n) is 12.2. The maximum Gasteiger partial charge on any atom is 0.339 e. The molecule has 1 amide bonds. The van der Waals surface area contributed by atoms with Gasteiger partial charge in [-0.05, 0) is 42.8 Å². The molecule has 1 unspecified atom stereocenters. The molecule has 1 atom stereocenters. The molecule has 23 heavy (non-hydrogen) atoms. The van der Waals surface area contributed by atoms with Crippen LogP contribution in [0, 0.1) is 11.6 Å². The number of nitrogens with one attached hydrogen (secondary N) is 1. The maximum atomic E-state index is 13.6. The summed E-state index contributed by atoms with van der Waals surface area (Å²) in [5, 5.41) is 2.40. The number of hydrogen-bond acceptors (Lipinski definition) is 3. The molecular formula is C17H13F2NO3. The smallest absolute Gasteiger partial charge is 0.339 e. The average Bonchev–Trinajstić information content (AvgIpc) is 2.48. The molecular weight excluding hydrogens is 304 g/mol. The monoisotopic (exact) mass is 317 g/mol. The predicted octanol–water partition coefficient (Wildman–Crippen LogP) is 3.08. The van der Waals surface area contributed by atoms with Gasteiger partial charge in [-0.1, -0.05) is 12.1 Å². The van der Waals surface area contributed by atoms with E-state index >= 15 is 0 Å². The van der Waals surface area contributed by atoms with Gasteiger partial charge in [0.05, 0.1) is 11.3 Å². The van der Waals surface area contributed by atoms with Crippen LogP contribution in [0.15, 0.2) is 42.5 Å². The number of esters is 1. The minimum Gasteiger partial charge on any atom is -0.445 e. The lowest BCUT2D eigenvalue weighted by molar-refractivity contribution is -0.134. The van der Waals surface area contributed by atoms with Gasteiger partial charge in [0.15, 0.2) is 5.60 Å². The quantitative estimate of drug-likeness (QED) is 0.866. The van der Waals surface area contributed by atoms with Crippen molar-refractivity contribution >= 4 is 17.6 Å². The second-order valence-electron chi connectivity index (χ2n) is 5.53. The van der Waals surface area contributed by atoms with E-state index in [9.17, 15) is 18.4 Å². The van der Waals surface area contributed by atoms with Gasteiger partial charge in [-0.15, -0.1) is 0 Å². The molecule has 1 aliphatic rings. The van der Waals surface area contributed by atoms with Crippen molar-refractivity contribution in [2.75, 3.05) is 5.32 Å². The highest BCUT2D eigenvalue weighted by Gasteiger charge is 2.43. The Morgan fingerprint density at radius 2 is 1.96 bits per heavy atom. The van der Waals surface area contributed by atoms with Crippen molar-refractivity contribution in [1.29, 1.82) is 0 Å². The molecule has 1 N–H and O–H groups in total. The third-order valence-corrected chi connectivity index (χ3v) is 3.74. The van der Waals surface area contributed by atoms with Gasteiger partial charge in [0.25, 0.3) is 5.91 Å². The lowest BCUT2D eigenvalue weighted by Crippen LogP contribution is -2.49. The van der Waals surface area contributed by atoms with Gasteiger partial charge in [-0.3, -0.25) is 4.79 Å². The van der Waals surface area contributed by atoms with Crippen LogP contribution >= 0.6 is 0 Å². The van der Waals surface area contributed by atoms with Crippen molar-refractivity contribution in [2.24, 2.45) is 0 Å². The lowest BCUT2D eigenvalue weighted by Gasteiger charge is -2.33. The first-order chi connectivity index (χ1) is 10.9. The van der Waals surface area contributed by atoms with E-state index in [2.05, 4.69) is 5.32 Å². The maximum absolute atomic E-state index is 13.6. The first kappa shape index (κ1) is 15.1. The molecule has 0 saturated carbocycles. The average molecular weight is 317 g/mol. The molecule has 3 rings (SSSR count). The summed E-state index contributed by atoms with van der Waals surface area (Å²) < 4.78 is 32.2. The molecule has 6 heteroatoms. The van der Waals surface area contributed by atoms with Crippen LogP contribution in [0.3, 0.4) is 0 Å². The summed E-state index contributed by atoms with van der Waals surface area (Å²) in [6.45, 7) is 1.41. The summed E-state index contributed by atoms with van der Waals surface area (Å²) in [4.78, 5) is 24.5. The van der Waals surface area contributed by atoms with Crippen molar-refractivity contribution in [3.8, 4) is 0 Å². The first-order valence-corrected chi connectivity index (χ1v) is 6.97. The molecule has 118 valence electrons. The Labute approximate surface area is 131 Å². The normalized spacial score (nSPS) is 19.7. The minimum atomic E-state index is -1.54. The molecule has 2 aromatic rings. The van der Waals surface area contributed by atoms with Gasteiger partial charge in [-0.2, -0.15) is 0 Å². The second-order valence-corrected chi connectivity index (χ2v) is 5.53. The molecule has 1 heterocycles. The van der Waals surface area contributed by atoms with Crippen LogP contribution in [0.2, 0.25) is 0 Å². The summed E-state index contributed by atoms with van der Waals surface area (Å²) in [6, 6.07) is 9.34. The van der Waals surface area contributed by atoms with Crippen LogP contribution in [-0.2, 0) is 16.0 Å². The van der Waals surface area contributed by atoms with E-state index in [0.717, 1.165) is 6.07 Å². The number of cyclic esters (lactones) is 1. The number of carbonyl (C=O) groups is 2. The third kappa shape index (κ3) is 2.79. The largest absolute Gasteiger partial charge is 0.445 e. The molecule has 0 radical (unpaired) electrons. The Balaban J connectivity index is 1.89. The fraction of sp³-hybridized carbons (Fsp3) is 0.176. The summed E-state index contributed by atoms with van der Waals surface area (Å²) in [7, 11) is 0. The van der Waals surface area contributed by atoms with E-state index in [-0.39, 0.29) is 17.7 Å². The molecule has 0 spiro atoms. The van der Waals surface area contributed by atoms with Crippen LogP contribution in [-0.4, -0.2) is 17.5 Å². The van der Waals surface area contributed by atoms with Crippen LogP contribution in [0.5, 0.6) is 0 Å². The van der Waals surface area contributed by atoms with Crippen LogP contribution in [0.1, 0.15) is 22.8 Å². The van der Waals surface area contributed by atoms with Crippen LogP contribution < -0.4 is 5.32 Å².